The van der Waals surface area contributed by atoms with Crippen LogP contribution in [0.5, 0.6) is 0 Å². The first-order chi connectivity index (χ1) is 12.2. The molecule has 3 rings (SSSR count). The monoisotopic (exact) mass is 369 g/mol. The molecule has 2 aromatic rings. The predicted molar refractivity (Wildman–Crippen MR) is 85.2 cm³/mol. The Labute approximate surface area is 147 Å². The molecule has 26 heavy (non-hydrogen) atoms. The Morgan fingerprint density at radius 3 is 2.46 bits per heavy atom. The van der Waals surface area contributed by atoms with Crippen LogP contribution in [0.2, 0.25) is 0 Å². The summed E-state index contributed by atoms with van der Waals surface area (Å²) in [4.78, 5) is 13.3. The van der Waals surface area contributed by atoms with E-state index in [1.54, 1.807) is 11.0 Å². The predicted octanol–water partition coefficient (Wildman–Crippen LogP) is 3.41. The molecule has 0 aliphatic carbocycles. The number of furan rings is 1. The number of carbonyl (C=O) groups is 1. The van der Waals surface area contributed by atoms with E-state index in [0.717, 1.165) is 12.1 Å². The number of piperidine rings is 1. The Morgan fingerprint density at radius 2 is 1.92 bits per heavy atom. The standard InChI is InChI=1S/C18H18F3NO4/c19-18(20,21)14-3-1-2-13(10-14)17(25)5-7-22(8-6-17)15(16(23)24)12-4-9-26-11-12/h1-4,9-11,15,25H,5-8H2,(H,23,24)/t15-/m0/s1. The summed E-state index contributed by atoms with van der Waals surface area (Å²) >= 11 is 0. The van der Waals surface area contributed by atoms with Crippen LogP contribution in [0.1, 0.15) is 35.6 Å². The van der Waals surface area contributed by atoms with Crippen molar-refractivity contribution in [2.24, 2.45) is 0 Å². The molecule has 0 unspecified atom stereocenters. The number of rotatable bonds is 4. The van der Waals surface area contributed by atoms with E-state index in [2.05, 4.69) is 0 Å². The van der Waals surface area contributed by atoms with Gasteiger partial charge in [0.15, 0.2) is 0 Å². The lowest BCUT2D eigenvalue weighted by Gasteiger charge is -2.40. The topological polar surface area (TPSA) is 73.9 Å². The first kappa shape index (κ1) is 18.5. The molecule has 1 aromatic carbocycles. The van der Waals surface area contributed by atoms with Crippen molar-refractivity contribution in [3.63, 3.8) is 0 Å². The first-order valence-electron chi connectivity index (χ1n) is 8.10. The second-order valence-electron chi connectivity index (χ2n) is 6.44. The van der Waals surface area contributed by atoms with Crippen molar-refractivity contribution in [1.29, 1.82) is 0 Å². The molecular weight excluding hydrogens is 351 g/mol. The number of aliphatic hydroxyl groups is 1. The summed E-state index contributed by atoms with van der Waals surface area (Å²) in [5.41, 5.74) is -1.55. The lowest BCUT2D eigenvalue weighted by molar-refractivity contribution is -0.146. The number of nitrogens with zero attached hydrogens (tertiary/aromatic N) is 1. The summed E-state index contributed by atoms with van der Waals surface area (Å²) < 4.78 is 43.7. The summed E-state index contributed by atoms with van der Waals surface area (Å²) in [6.07, 6.45) is -1.48. The van der Waals surface area contributed by atoms with E-state index in [9.17, 15) is 28.2 Å². The van der Waals surface area contributed by atoms with Crippen LogP contribution in [-0.4, -0.2) is 34.2 Å². The highest BCUT2D eigenvalue weighted by atomic mass is 19.4. The van der Waals surface area contributed by atoms with Gasteiger partial charge in [-0.1, -0.05) is 12.1 Å². The van der Waals surface area contributed by atoms with Gasteiger partial charge >= 0.3 is 12.1 Å². The third-order valence-electron chi connectivity index (χ3n) is 4.81. The molecule has 1 aromatic heterocycles. The van der Waals surface area contributed by atoms with E-state index in [-0.39, 0.29) is 31.5 Å². The molecule has 0 spiro atoms. The van der Waals surface area contributed by atoms with Gasteiger partial charge in [0, 0.05) is 18.7 Å². The molecule has 1 saturated heterocycles. The second-order valence-corrected chi connectivity index (χ2v) is 6.44. The van der Waals surface area contributed by atoms with Crippen molar-refractivity contribution >= 4 is 5.97 Å². The molecule has 0 saturated carbocycles. The van der Waals surface area contributed by atoms with Crippen LogP contribution >= 0.6 is 0 Å². The van der Waals surface area contributed by atoms with Gasteiger partial charge in [0.2, 0.25) is 0 Å². The van der Waals surface area contributed by atoms with Crippen molar-refractivity contribution in [1.82, 2.24) is 4.90 Å². The van der Waals surface area contributed by atoms with Crippen molar-refractivity contribution in [2.45, 2.75) is 30.7 Å². The number of hydrogen-bond donors (Lipinski definition) is 2. The highest BCUT2D eigenvalue weighted by Gasteiger charge is 2.40. The Morgan fingerprint density at radius 1 is 1.23 bits per heavy atom. The summed E-state index contributed by atoms with van der Waals surface area (Å²) in [7, 11) is 0. The third-order valence-corrected chi connectivity index (χ3v) is 4.81. The van der Waals surface area contributed by atoms with Crippen LogP contribution in [-0.2, 0) is 16.6 Å². The first-order valence-corrected chi connectivity index (χ1v) is 8.10. The second kappa shape index (κ2) is 6.77. The van der Waals surface area contributed by atoms with Crippen LogP contribution in [0.4, 0.5) is 13.2 Å². The number of likely N-dealkylation sites (tertiary alicyclic amines) is 1. The molecule has 0 radical (unpaired) electrons. The van der Waals surface area contributed by atoms with E-state index in [0.29, 0.717) is 5.56 Å². The Hall–Kier alpha value is -2.32. The maximum Gasteiger partial charge on any atom is 0.416 e. The van der Waals surface area contributed by atoms with E-state index >= 15 is 0 Å². The van der Waals surface area contributed by atoms with Gasteiger partial charge in [0.05, 0.1) is 23.7 Å². The zero-order chi connectivity index (χ0) is 18.9. The average molecular weight is 369 g/mol. The van der Waals surface area contributed by atoms with Gasteiger partial charge in [-0.15, -0.1) is 0 Å². The van der Waals surface area contributed by atoms with Gasteiger partial charge in [-0.05, 0) is 36.6 Å². The Kier molecular flexibility index (Phi) is 4.81. The number of hydrogen-bond acceptors (Lipinski definition) is 4. The minimum absolute atomic E-state index is 0.135. The molecular formula is C18H18F3NO4. The zero-order valence-corrected chi connectivity index (χ0v) is 13.7. The number of halogens is 3. The molecule has 8 heteroatoms. The Bertz CT molecular complexity index is 765. The van der Waals surface area contributed by atoms with E-state index < -0.39 is 29.4 Å². The van der Waals surface area contributed by atoms with Gasteiger partial charge in [-0.3, -0.25) is 9.69 Å². The maximum atomic E-state index is 12.9. The fourth-order valence-electron chi connectivity index (χ4n) is 3.37. The summed E-state index contributed by atoms with van der Waals surface area (Å²) in [6.45, 7) is 0.462. The van der Waals surface area contributed by atoms with Crippen LogP contribution < -0.4 is 0 Å². The van der Waals surface area contributed by atoms with Crippen molar-refractivity contribution in [3.05, 3.63) is 59.5 Å². The molecule has 2 N–H and O–H groups in total. The number of carboxylic acid groups (broad SMARTS) is 1. The highest BCUT2D eigenvalue weighted by Crippen LogP contribution is 2.38. The normalized spacial score (nSPS) is 19.2. The Balaban J connectivity index is 1.78. The third kappa shape index (κ3) is 3.61. The average Bonchev–Trinajstić information content (AvgIpc) is 3.10. The summed E-state index contributed by atoms with van der Waals surface area (Å²) in [5, 5.41) is 20.3. The number of carboxylic acids is 1. The van der Waals surface area contributed by atoms with E-state index in [4.69, 9.17) is 4.42 Å². The van der Waals surface area contributed by atoms with E-state index in [1.807, 2.05) is 0 Å². The quantitative estimate of drug-likeness (QED) is 0.864. The largest absolute Gasteiger partial charge is 0.480 e. The van der Waals surface area contributed by atoms with Crippen molar-refractivity contribution in [3.8, 4) is 0 Å². The van der Waals surface area contributed by atoms with Gasteiger partial charge < -0.3 is 14.6 Å². The molecule has 1 atom stereocenters. The molecule has 1 fully saturated rings. The fraction of sp³-hybridized carbons (Fsp3) is 0.389. The minimum atomic E-state index is -4.48. The van der Waals surface area contributed by atoms with Gasteiger partial charge in [0.1, 0.15) is 6.04 Å². The van der Waals surface area contributed by atoms with Gasteiger partial charge in [-0.25, -0.2) is 0 Å². The van der Waals surface area contributed by atoms with Crippen LogP contribution in [0.3, 0.4) is 0 Å². The molecule has 140 valence electrons. The van der Waals surface area contributed by atoms with Crippen LogP contribution in [0, 0.1) is 0 Å². The smallest absolute Gasteiger partial charge is 0.416 e. The number of alkyl halides is 3. The molecule has 5 nitrogen and oxygen atoms in total. The summed E-state index contributed by atoms with van der Waals surface area (Å²) in [5.74, 6) is -1.05. The van der Waals surface area contributed by atoms with Gasteiger partial charge in [0.25, 0.3) is 0 Å². The number of aliphatic carboxylic acids is 1. The number of benzene rings is 1. The molecule has 2 heterocycles. The van der Waals surface area contributed by atoms with Gasteiger partial charge in [-0.2, -0.15) is 13.2 Å². The minimum Gasteiger partial charge on any atom is -0.480 e. The molecule has 1 aliphatic rings. The molecule has 0 bridgehead atoms. The summed E-state index contributed by atoms with van der Waals surface area (Å²) in [6, 6.07) is 5.30. The SMILES string of the molecule is O=C(O)[C@H](c1ccoc1)N1CCC(O)(c2cccc(C(F)(F)F)c2)CC1. The highest BCUT2D eigenvalue weighted by molar-refractivity contribution is 5.75. The molecule has 0 amide bonds. The maximum absolute atomic E-state index is 12.9. The van der Waals surface area contributed by atoms with Crippen molar-refractivity contribution < 1.29 is 32.6 Å². The van der Waals surface area contributed by atoms with Crippen LogP contribution in [0.25, 0.3) is 0 Å². The van der Waals surface area contributed by atoms with E-state index in [1.165, 1.54) is 24.7 Å². The fourth-order valence-corrected chi connectivity index (χ4v) is 3.37. The lowest BCUT2D eigenvalue weighted by Crippen LogP contribution is -2.45. The lowest BCUT2D eigenvalue weighted by atomic mass is 9.83. The molecule has 1 aliphatic heterocycles. The zero-order valence-electron chi connectivity index (χ0n) is 13.7. The van der Waals surface area contributed by atoms with Crippen LogP contribution in [0.15, 0.2) is 47.3 Å². The van der Waals surface area contributed by atoms with Crippen molar-refractivity contribution in [2.75, 3.05) is 13.1 Å².